The van der Waals surface area contributed by atoms with Crippen molar-refractivity contribution in [3.05, 3.63) is 214 Å². The minimum absolute atomic E-state index is 0.0461. The second-order valence-corrected chi connectivity index (χ2v) is 22.2. The number of ketones is 5. The molecular formula is C71H64O25. The van der Waals surface area contributed by atoms with Crippen LogP contribution in [0.1, 0.15) is 130 Å². The van der Waals surface area contributed by atoms with Gasteiger partial charge in [0, 0.05) is 69.3 Å². The average Bonchev–Trinajstić information content (AvgIpc) is 0.788. The van der Waals surface area contributed by atoms with E-state index in [1.54, 1.807) is 123 Å². The number of ether oxygens (including phenoxy) is 7. The number of carbonyl (C=O) groups is 8. The third-order valence-electron chi connectivity index (χ3n) is 14.8. The highest BCUT2D eigenvalue weighted by Gasteiger charge is 2.47. The largest absolute Gasteiger partial charge is 0.508 e. The molecule has 0 fully saturated rings. The van der Waals surface area contributed by atoms with E-state index < -0.39 is 118 Å². The molecular weight excluding hydrogens is 1250 g/mol. The molecule has 10 N–H and O–H groups in total. The molecule has 0 aromatic heterocycles. The predicted molar refractivity (Wildman–Crippen MR) is 336 cm³/mol. The molecule has 4 aliphatic heterocycles. The molecule has 8 aromatic carbocycles. The number of benzene rings is 8. The van der Waals surface area contributed by atoms with Crippen molar-refractivity contribution in [1.29, 1.82) is 0 Å². The number of rotatable bonds is 9. The van der Waals surface area contributed by atoms with Crippen LogP contribution in [-0.4, -0.2) is 128 Å². The molecule has 0 aliphatic carbocycles. The van der Waals surface area contributed by atoms with E-state index >= 15 is 0 Å². The normalized spacial score (nSPS) is 19.4. The molecule has 0 spiro atoms. The lowest BCUT2D eigenvalue weighted by Crippen LogP contribution is -2.46. The summed E-state index contributed by atoms with van der Waals surface area (Å²) in [5.41, 5.74) is 0.992. The van der Waals surface area contributed by atoms with Crippen molar-refractivity contribution in [3.8, 4) is 69.0 Å². The summed E-state index contributed by atoms with van der Waals surface area (Å²) in [6.07, 6.45) is -8.36. The molecule has 8 aromatic rings. The van der Waals surface area contributed by atoms with Crippen LogP contribution in [-0.2, 0) is 33.4 Å². The zero-order valence-corrected chi connectivity index (χ0v) is 51.9. The smallest absolute Gasteiger partial charge is 0.303 e. The molecule has 8 atom stereocenters. The molecule has 0 saturated carbocycles. The number of aliphatic carboxylic acids is 1. The molecule has 25 heteroatoms. The van der Waals surface area contributed by atoms with Gasteiger partial charge in [-0.1, -0.05) is 121 Å². The Bertz CT molecular complexity index is 4090. The summed E-state index contributed by atoms with van der Waals surface area (Å²) in [7, 11) is 0. The molecule has 0 saturated heterocycles. The number of phenolic OH excluding ortho intramolecular Hbond substituents is 8. The zero-order valence-electron chi connectivity index (χ0n) is 51.9. The quantitative estimate of drug-likeness (QED) is 0.0601. The van der Waals surface area contributed by atoms with E-state index in [0.29, 0.717) is 22.3 Å². The number of esters is 2. The van der Waals surface area contributed by atoms with Gasteiger partial charge in [-0.2, -0.15) is 0 Å². The Morgan fingerprint density at radius 3 is 0.885 bits per heavy atom. The molecule has 4 heterocycles. The number of phenols is 8. The SMILES string of the molecule is CC(=O)C(C)(C)OC1C(=O)c2c(O)cc(O)cc2OC1c1ccccc1.CC(=O)O.CC(=O)OC1C(=O)c2c(O)cc(O)cc2OC1c1ccccc1.CC(=O)OC1C(=O)c2c(O)cc(O)cc2OC1c1ccccc1.O=C1c2c(O)cc(O)cc2OC(c2ccccc2)C1O. The van der Waals surface area contributed by atoms with Gasteiger partial charge < -0.3 is 84.2 Å². The van der Waals surface area contributed by atoms with Gasteiger partial charge in [0.1, 0.15) is 96.8 Å². The first kappa shape index (κ1) is 69.9. The molecule has 12 rings (SSSR count). The number of carboxylic acids is 1. The fourth-order valence-electron chi connectivity index (χ4n) is 10.3. The van der Waals surface area contributed by atoms with Crippen LogP contribution in [0.25, 0.3) is 0 Å². The maximum atomic E-state index is 13.1. The minimum atomic E-state index is -1.40. The van der Waals surface area contributed by atoms with Crippen molar-refractivity contribution in [2.45, 2.75) is 96.0 Å². The van der Waals surface area contributed by atoms with E-state index in [2.05, 4.69) is 0 Å². The summed E-state index contributed by atoms with van der Waals surface area (Å²) in [6, 6.07) is 44.6. The third-order valence-corrected chi connectivity index (χ3v) is 14.8. The van der Waals surface area contributed by atoms with Gasteiger partial charge in [-0.3, -0.25) is 38.4 Å². The Hall–Kier alpha value is -12.0. The number of carbonyl (C=O) groups excluding carboxylic acids is 7. The second-order valence-electron chi connectivity index (χ2n) is 22.2. The highest BCUT2D eigenvalue weighted by atomic mass is 16.6. The fourth-order valence-corrected chi connectivity index (χ4v) is 10.3. The Balaban J connectivity index is 0.000000161. The first-order chi connectivity index (χ1) is 45.4. The highest BCUT2D eigenvalue weighted by Crippen LogP contribution is 2.47. The molecule has 498 valence electrons. The third kappa shape index (κ3) is 16.1. The van der Waals surface area contributed by atoms with Crippen LogP contribution < -0.4 is 18.9 Å². The Morgan fingerprint density at radius 1 is 0.375 bits per heavy atom. The summed E-state index contributed by atoms with van der Waals surface area (Å²) < 4.78 is 39.1. The van der Waals surface area contributed by atoms with Crippen LogP contribution >= 0.6 is 0 Å². The van der Waals surface area contributed by atoms with Gasteiger partial charge >= 0.3 is 11.9 Å². The van der Waals surface area contributed by atoms with Crippen molar-refractivity contribution in [1.82, 2.24) is 0 Å². The molecule has 0 radical (unpaired) electrons. The van der Waals surface area contributed by atoms with Crippen molar-refractivity contribution in [2.24, 2.45) is 0 Å². The summed E-state index contributed by atoms with van der Waals surface area (Å²) in [5.74, 6) is -6.93. The average molecular weight is 1320 g/mol. The van der Waals surface area contributed by atoms with E-state index in [9.17, 15) is 79.5 Å². The van der Waals surface area contributed by atoms with Gasteiger partial charge in [0.2, 0.25) is 35.3 Å². The molecule has 96 heavy (non-hydrogen) atoms. The standard InChI is InChI=1S/C20H20O6.2C17H14O6.C15H12O5.C2H4O2/c1-11(21)20(2,3)26-19-17(24)16-14(23)9-13(22)10-15(16)25-18(19)12-7-5-4-6-8-12;2*1-9(18)22-17-15(21)14-12(20)7-11(19)8-13(14)23-16(17)10-5-3-2-4-6-10;16-9-6-10(17)12-11(7-9)20-15(14(19)13(12)18)8-4-2-1-3-5-8;1-2(3)4/h4-10,18-19,22-23H,1-3H3;2*2-8,16-17,19-20H,1H3;1-7,14-17,19H;1H3,(H,3,4). The lowest BCUT2D eigenvalue weighted by molar-refractivity contribution is -0.149. The zero-order chi connectivity index (χ0) is 70.0. The lowest BCUT2D eigenvalue weighted by atomic mass is 9.91. The van der Waals surface area contributed by atoms with E-state index in [-0.39, 0.29) is 74.0 Å². The monoisotopic (exact) mass is 1320 g/mol. The fraction of sp³-hybridized carbons (Fsp3) is 0.211. The number of aliphatic hydroxyl groups excluding tert-OH is 1. The summed E-state index contributed by atoms with van der Waals surface area (Å²) in [6.45, 7) is 8.02. The molecule has 0 bridgehead atoms. The molecule has 0 amide bonds. The van der Waals surface area contributed by atoms with Crippen molar-refractivity contribution >= 4 is 46.8 Å². The first-order valence-electron chi connectivity index (χ1n) is 29.1. The highest BCUT2D eigenvalue weighted by molar-refractivity contribution is 6.08. The van der Waals surface area contributed by atoms with Gasteiger partial charge in [0.15, 0.2) is 42.4 Å². The lowest BCUT2D eigenvalue weighted by Gasteiger charge is -2.37. The van der Waals surface area contributed by atoms with Gasteiger partial charge in [-0.05, 0) is 43.0 Å². The van der Waals surface area contributed by atoms with Crippen molar-refractivity contribution < 1.29 is 123 Å². The first-order valence-corrected chi connectivity index (χ1v) is 29.1. The number of carboxylic acid groups (broad SMARTS) is 1. The van der Waals surface area contributed by atoms with E-state index in [4.69, 9.17) is 43.1 Å². The number of hydrogen-bond acceptors (Lipinski definition) is 24. The van der Waals surface area contributed by atoms with Crippen LogP contribution in [0.3, 0.4) is 0 Å². The number of aromatic hydroxyl groups is 8. The molecule has 8 unspecified atom stereocenters. The van der Waals surface area contributed by atoms with Crippen LogP contribution in [0, 0.1) is 0 Å². The second kappa shape index (κ2) is 29.8. The number of Topliss-reactive ketones (excluding diaryl/α,β-unsaturated/α-hetero) is 5. The Kier molecular flexibility index (Phi) is 21.7. The molecule has 25 nitrogen and oxygen atoms in total. The Morgan fingerprint density at radius 2 is 0.615 bits per heavy atom. The Labute approximate surface area is 546 Å². The van der Waals surface area contributed by atoms with Crippen molar-refractivity contribution in [3.63, 3.8) is 0 Å². The van der Waals surface area contributed by atoms with E-state index in [0.717, 1.165) is 31.2 Å². The van der Waals surface area contributed by atoms with Gasteiger partial charge in [0.05, 0.1) is 0 Å². The van der Waals surface area contributed by atoms with Gasteiger partial charge in [-0.15, -0.1) is 0 Å². The summed E-state index contributed by atoms with van der Waals surface area (Å²) >= 11 is 0. The summed E-state index contributed by atoms with van der Waals surface area (Å²) in [4.78, 5) is 94.2. The number of fused-ring (bicyclic) bond motifs is 4. The predicted octanol–water partition coefficient (Wildman–Crippen LogP) is 9.72. The minimum Gasteiger partial charge on any atom is -0.508 e. The van der Waals surface area contributed by atoms with E-state index in [1.165, 1.54) is 45.0 Å². The van der Waals surface area contributed by atoms with E-state index in [1.807, 2.05) is 12.1 Å². The van der Waals surface area contributed by atoms with Crippen LogP contribution in [0.4, 0.5) is 0 Å². The maximum absolute atomic E-state index is 13.1. The van der Waals surface area contributed by atoms with Gasteiger partial charge in [-0.25, -0.2) is 0 Å². The maximum Gasteiger partial charge on any atom is 0.303 e. The topological polar surface area (TPSA) is 403 Å². The van der Waals surface area contributed by atoms with Crippen LogP contribution in [0.2, 0.25) is 0 Å². The molecule has 4 aliphatic rings. The van der Waals surface area contributed by atoms with Crippen LogP contribution in [0.5, 0.6) is 69.0 Å². The van der Waals surface area contributed by atoms with Crippen molar-refractivity contribution in [2.75, 3.05) is 0 Å². The van der Waals surface area contributed by atoms with Crippen LogP contribution in [0.15, 0.2) is 170 Å². The number of aliphatic hydroxyl groups is 1. The van der Waals surface area contributed by atoms with Gasteiger partial charge in [0.25, 0.3) is 5.97 Å². The summed E-state index contributed by atoms with van der Waals surface area (Å²) in [5, 5.41) is 95.5. The number of hydrogen-bond donors (Lipinski definition) is 10.